The summed E-state index contributed by atoms with van der Waals surface area (Å²) in [5, 5.41) is 2.88. The number of nitrogens with one attached hydrogen (secondary N) is 1. The van der Waals surface area contributed by atoms with Crippen LogP contribution in [0.2, 0.25) is 0 Å². The molecular formula is C24H22N2O4. The molecule has 1 N–H and O–H groups in total. The number of carbonyl (C=O) groups excluding carboxylic acids is 1. The first-order chi connectivity index (χ1) is 14.8. The lowest BCUT2D eigenvalue weighted by atomic mass is 10.1. The fraction of sp³-hybridized carbons (Fsp3) is 0.167. The van der Waals surface area contributed by atoms with Crippen molar-refractivity contribution in [2.24, 2.45) is 0 Å². The Hall–Kier alpha value is -3.80. The van der Waals surface area contributed by atoms with Gasteiger partial charge in [-0.15, -0.1) is 0 Å². The predicted octanol–water partition coefficient (Wildman–Crippen LogP) is 3.76. The van der Waals surface area contributed by atoms with E-state index >= 15 is 0 Å². The summed E-state index contributed by atoms with van der Waals surface area (Å²) in [5.74, 6) is 1.99. The molecule has 0 spiro atoms. The van der Waals surface area contributed by atoms with Gasteiger partial charge in [-0.25, -0.2) is 0 Å². The van der Waals surface area contributed by atoms with E-state index < -0.39 is 0 Å². The van der Waals surface area contributed by atoms with Crippen molar-refractivity contribution in [1.82, 2.24) is 10.3 Å². The summed E-state index contributed by atoms with van der Waals surface area (Å²) in [7, 11) is 0. The minimum atomic E-state index is -0.181. The number of amides is 1. The highest BCUT2D eigenvalue weighted by molar-refractivity contribution is 5.91. The Morgan fingerprint density at radius 2 is 1.90 bits per heavy atom. The van der Waals surface area contributed by atoms with Crippen LogP contribution < -0.4 is 19.5 Å². The van der Waals surface area contributed by atoms with E-state index in [1.54, 1.807) is 12.3 Å². The number of fused-ring (bicyclic) bond motifs is 1. The molecule has 1 aliphatic rings. The number of hydrogen-bond donors (Lipinski definition) is 1. The molecule has 6 nitrogen and oxygen atoms in total. The second kappa shape index (κ2) is 9.60. The molecule has 0 radical (unpaired) electrons. The maximum atomic E-state index is 12.2. The van der Waals surface area contributed by atoms with Crippen LogP contribution in [0.1, 0.15) is 16.8 Å². The molecule has 30 heavy (non-hydrogen) atoms. The number of aromatic nitrogens is 1. The molecular weight excluding hydrogens is 380 g/mol. The summed E-state index contributed by atoms with van der Waals surface area (Å²) in [4.78, 5) is 16.4. The third kappa shape index (κ3) is 5.17. The second-order valence-electron chi connectivity index (χ2n) is 6.67. The number of hydrogen-bond acceptors (Lipinski definition) is 5. The molecule has 0 aliphatic carbocycles. The van der Waals surface area contributed by atoms with Crippen LogP contribution in [-0.4, -0.2) is 24.1 Å². The quantitative estimate of drug-likeness (QED) is 0.610. The summed E-state index contributed by atoms with van der Waals surface area (Å²) >= 11 is 0. The first-order valence-electron chi connectivity index (χ1n) is 9.74. The Bertz CT molecular complexity index is 1020. The molecule has 3 aromatic rings. The van der Waals surface area contributed by atoms with E-state index in [4.69, 9.17) is 14.2 Å². The van der Waals surface area contributed by atoms with Crippen LogP contribution >= 0.6 is 0 Å². The first kappa shape index (κ1) is 19.5. The standard InChI is InChI=1S/C24H22N2O4/c27-23(26-16-19-4-3-6-22-24(19)29-15-14-28-22)12-9-18-7-10-21(11-8-18)30-17-20-5-1-2-13-25-20/h1-13H,14-17H2,(H,26,27)/b12-9+. The van der Waals surface area contributed by atoms with Gasteiger partial charge in [-0.1, -0.05) is 30.3 Å². The van der Waals surface area contributed by atoms with Crippen LogP contribution in [0.3, 0.4) is 0 Å². The largest absolute Gasteiger partial charge is 0.487 e. The summed E-state index contributed by atoms with van der Waals surface area (Å²) in [6.45, 7) is 1.84. The van der Waals surface area contributed by atoms with Crippen molar-refractivity contribution in [1.29, 1.82) is 0 Å². The molecule has 1 amide bonds. The lowest BCUT2D eigenvalue weighted by Gasteiger charge is -2.20. The van der Waals surface area contributed by atoms with Gasteiger partial charge in [0.15, 0.2) is 11.5 Å². The van der Waals surface area contributed by atoms with E-state index in [1.165, 1.54) is 6.08 Å². The van der Waals surface area contributed by atoms with Crippen molar-refractivity contribution in [3.8, 4) is 17.2 Å². The zero-order valence-corrected chi connectivity index (χ0v) is 16.4. The number of pyridine rings is 1. The van der Waals surface area contributed by atoms with Gasteiger partial charge in [0.2, 0.25) is 5.91 Å². The van der Waals surface area contributed by atoms with E-state index in [-0.39, 0.29) is 5.91 Å². The maximum Gasteiger partial charge on any atom is 0.244 e. The molecule has 1 aliphatic heterocycles. The van der Waals surface area contributed by atoms with Crippen LogP contribution in [0, 0.1) is 0 Å². The lowest BCUT2D eigenvalue weighted by Crippen LogP contribution is -2.22. The third-order valence-electron chi connectivity index (χ3n) is 4.52. The molecule has 152 valence electrons. The summed E-state index contributed by atoms with van der Waals surface area (Å²) in [5.41, 5.74) is 2.67. The van der Waals surface area contributed by atoms with Crippen LogP contribution in [0.25, 0.3) is 6.08 Å². The van der Waals surface area contributed by atoms with Gasteiger partial charge in [0.25, 0.3) is 0 Å². The Morgan fingerprint density at radius 3 is 2.73 bits per heavy atom. The number of ether oxygens (including phenoxy) is 3. The van der Waals surface area contributed by atoms with E-state index in [0.29, 0.717) is 37.9 Å². The van der Waals surface area contributed by atoms with E-state index in [0.717, 1.165) is 22.6 Å². The fourth-order valence-corrected chi connectivity index (χ4v) is 3.00. The number of carbonyl (C=O) groups is 1. The van der Waals surface area contributed by atoms with Gasteiger partial charge in [-0.3, -0.25) is 9.78 Å². The lowest BCUT2D eigenvalue weighted by molar-refractivity contribution is -0.116. The number of benzene rings is 2. The Kier molecular flexibility index (Phi) is 6.25. The second-order valence-corrected chi connectivity index (χ2v) is 6.67. The summed E-state index contributed by atoms with van der Waals surface area (Å²) in [6, 6.07) is 18.9. The van der Waals surface area contributed by atoms with Crippen LogP contribution in [0.15, 0.2) is 72.9 Å². The summed E-state index contributed by atoms with van der Waals surface area (Å²) < 4.78 is 16.9. The Morgan fingerprint density at radius 1 is 1.03 bits per heavy atom. The monoisotopic (exact) mass is 402 g/mol. The van der Waals surface area contributed by atoms with Gasteiger partial charge in [0.05, 0.1) is 5.69 Å². The van der Waals surface area contributed by atoms with Gasteiger partial charge in [0.1, 0.15) is 25.6 Å². The van der Waals surface area contributed by atoms with Gasteiger partial charge < -0.3 is 19.5 Å². The highest BCUT2D eigenvalue weighted by Gasteiger charge is 2.15. The van der Waals surface area contributed by atoms with Crippen molar-refractivity contribution in [3.05, 3.63) is 89.8 Å². The van der Waals surface area contributed by atoms with E-state index in [9.17, 15) is 4.79 Å². The zero-order chi connectivity index (χ0) is 20.6. The summed E-state index contributed by atoms with van der Waals surface area (Å²) in [6.07, 6.45) is 5.01. The number of rotatable bonds is 7. The molecule has 2 heterocycles. The van der Waals surface area contributed by atoms with Crippen molar-refractivity contribution in [2.45, 2.75) is 13.2 Å². The minimum absolute atomic E-state index is 0.181. The molecule has 1 aromatic heterocycles. The molecule has 4 rings (SSSR count). The minimum Gasteiger partial charge on any atom is -0.487 e. The molecule has 6 heteroatoms. The van der Waals surface area contributed by atoms with Gasteiger partial charge >= 0.3 is 0 Å². The molecule has 0 saturated heterocycles. The molecule has 0 atom stereocenters. The van der Waals surface area contributed by atoms with Gasteiger partial charge in [-0.2, -0.15) is 0 Å². The first-order valence-corrected chi connectivity index (χ1v) is 9.74. The molecule has 0 saturated carbocycles. The third-order valence-corrected chi connectivity index (χ3v) is 4.52. The number of nitrogens with zero attached hydrogens (tertiary/aromatic N) is 1. The van der Waals surface area contributed by atoms with Gasteiger partial charge in [0, 0.05) is 24.4 Å². The normalized spacial score (nSPS) is 12.5. The molecule has 0 fully saturated rings. The average Bonchev–Trinajstić information content (AvgIpc) is 2.81. The Balaban J connectivity index is 1.28. The topological polar surface area (TPSA) is 69.7 Å². The average molecular weight is 402 g/mol. The van der Waals surface area contributed by atoms with Crippen LogP contribution in [-0.2, 0) is 17.9 Å². The van der Waals surface area contributed by atoms with Crippen LogP contribution in [0.5, 0.6) is 17.2 Å². The SMILES string of the molecule is O=C(/C=C/c1ccc(OCc2ccccn2)cc1)NCc1cccc2c1OCCO2. The van der Waals surface area contributed by atoms with Crippen molar-refractivity contribution in [2.75, 3.05) is 13.2 Å². The fourth-order valence-electron chi connectivity index (χ4n) is 3.00. The van der Waals surface area contributed by atoms with E-state index in [1.807, 2.05) is 60.7 Å². The predicted molar refractivity (Wildman–Crippen MR) is 113 cm³/mol. The molecule has 0 unspecified atom stereocenters. The van der Waals surface area contributed by atoms with Gasteiger partial charge in [-0.05, 0) is 42.0 Å². The highest BCUT2D eigenvalue weighted by Crippen LogP contribution is 2.33. The van der Waals surface area contributed by atoms with Crippen molar-refractivity contribution >= 4 is 12.0 Å². The van der Waals surface area contributed by atoms with Crippen molar-refractivity contribution < 1.29 is 19.0 Å². The van der Waals surface area contributed by atoms with E-state index in [2.05, 4.69) is 10.3 Å². The molecule has 2 aromatic carbocycles. The van der Waals surface area contributed by atoms with Crippen molar-refractivity contribution in [3.63, 3.8) is 0 Å². The highest BCUT2D eigenvalue weighted by atomic mass is 16.6. The maximum absolute atomic E-state index is 12.2. The van der Waals surface area contributed by atoms with Crippen LogP contribution in [0.4, 0.5) is 0 Å². The number of para-hydroxylation sites is 1. The molecule has 0 bridgehead atoms. The Labute approximate surface area is 175 Å². The smallest absolute Gasteiger partial charge is 0.244 e. The zero-order valence-electron chi connectivity index (χ0n) is 16.4.